The third-order valence-corrected chi connectivity index (χ3v) is 4.43. The molecule has 0 fully saturated rings. The van der Waals surface area contributed by atoms with E-state index in [0.717, 1.165) is 22.4 Å². The van der Waals surface area contributed by atoms with E-state index >= 15 is 0 Å². The maximum atomic E-state index is 13.0. The Kier molecular flexibility index (Phi) is 5.50. The highest BCUT2D eigenvalue weighted by Gasteiger charge is 2.16. The molecule has 0 atom stereocenters. The third-order valence-electron chi connectivity index (χ3n) is 4.43. The third kappa shape index (κ3) is 4.31. The summed E-state index contributed by atoms with van der Waals surface area (Å²) in [5, 5.41) is 2.80. The maximum Gasteiger partial charge on any atom is 0.256 e. The van der Waals surface area contributed by atoms with Crippen molar-refractivity contribution in [1.29, 1.82) is 0 Å². The van der Waals surface area contributed by atoms with Crippen LogP contribution in [0.5, 0.6) is 5.75 Å². The normalized spacial score (nSPS) is 10.5. The van der Waals surface area contributed by atoms with Crippen molar-refractivity contribution in [3.8, 4) is 5.75 Å². The maximum absolute atomic E-state index is 13.0. The minimum atomic E-state index is -0.382. The number of hydrogen-bond donors (Lipinski definition) is 1. The van der Waals surface area contributed by atoms with Gasteiger partial charge in [-0.25, -0.2) is 9.37 Å². The smallest absolute Gasteiger partial charge is 0.256 e. The highest BCUT2D eigenvalue weighted by molar-refractivity contribution is 6.04. The average molecular weight is 364 g/mol. The van der Waals surface area contributed by atoms with Crippen molar-refractivity contribution in [1.82, 2.24) is 4.98 Å². The van der Waals surface area contributed by atoms with Crippen molar-refractivity contribution in [3.63, 3.8) is 0 Å². The van der Waals surface area contributed by atoms with Gasteiger partial charge in [0.1, 0.15) is 24.0 Å². The van der Waals surface area contributed by atoms with Gasteiger partial charge in [0, 0.05) is 5.56 Å². The lowest BCUT2D eigenvalue weighted by molar-refractivity contribution is 0.102. The van der Waals surface area contributed by atoms with Crippen LogP contribution in [0.3, 0.4) is 0 Å². The monoisotopic (exact) mass is 364 g/mol. The van der Waals surface area contributed by atoms with E-state index in [1.165, 1.54) is 24.3 Å². The van der Waals surface area contributed by atoms with Crippen LogP contribution in [0.25, 0.3) is 0 Å². The van der Waals surface area contributed by atoms with E-state index in [-0.39, 0.29) is 11.7 Å². The van der Waals surface area contributed by atoms with Crippen LogP contribution in [-0.2, 0) is 6.61 Å². The number of nitrogens with zero attached hydrogens (tertiary/aromatic N) is 1. The van der Waals surface area contributed by atoms with Crippen molar-refractivity contribution in [2.75, 3.05) is 5.32 Å². The van der Waals surface area contributed by atoms with Gasteiger partial charge < -0.3 is 10.1 Å². The van der Waals surface area contributed by atoms with Crippen LogP contribution >= 0.6 is 0 Å². The molecule has 2 aromatic carbocycles. The van der Waals surface area contributed by atoms with Gasteiger partial charge >= 0.3 is 0 Å². The number of benzene rings is 2. The Morgan fingerprint density at radius 3 is 2.33 bits per heavy atom. The number of rotatable bonds is 5. The molecule has 0 unspecified atom stereocenters. The molecule has 0 aliphatic heterocycles. The van der Waals surface area contributed by atoms with Gasteiger partial charge in [0.05, 0.1) is 5.69 Å². The molecule has 3 rings (SSSR count). The second-order valence-electron chi connectivity index (χ2n) is 6.36. The zero-order valence-electron chi connectivity index (χ0n) is 15.5. The van der Waals surface area contributed by atoms with Crippen LogP contribution in [0.2, 0.25) is 0 Å². The quantitative estimate of drug-likeness (QED) is 0.695. The molecule has 0 aliphatic rings. The van der Waals surface area contributed by atoms with Crippen LogP contribution in [-0.4, -0.2) is 10.9 Å². The first-order valence-corrected chi connectivity index (χ1v) is 8.67. The van der Waals surface area contributed by atoms with Crippen LogP contribution in [0, 0.1) is 26.6 Å². The number of carbonyl (C=O) groups excluding carboxylic acids is 1. The van der Waals surface area contributed by atoms with Crippen LogP contribution < -0.4 is 10.1 Å². The summed E-state index contributed by atoms with van der Waals surface area (Å²) in [5.74, 6) is 0.484. The Bertz CT molecular complexity index is 954. The topological polar surface area (TPSA) is 51.2 Å². The Morgan fingerprint density at radius 1 is 1.00 bits per heavy atom. The van der Waals surface area contributed by atoms with Gasteiger partial charge in [0.15, 0.2) is 0 Å². The first-order chi connectivity index (χ1) is 13.0. The number of carbonyl (C=O) groups is 1. The lowest BCUT2D eigenvalue weighted by atomic mass is 10.1. The van der Waals surface area contributed by atoms with Crippen molar-refractivity contribution in [3.05, 3.63) is 88.4 Å². The predicted molar refractivity (Wildman–Crippen MR) is 104 cm³/mol. The lowest BCUT2D eigenvalue weighted by Gasteiger charge is -2.17. The minimum Gasteiger partial charge on any atom is -0.487 e. The molecule has 5 heteroatoms. The van der Waals surface area contributed by atoms with Crippen molar-refractivity contribution < 1.29 is 13.9 Å². The number of hydrogen-bond acceptors (Lipinski definition) is 3. The molecule has 0 saturated carbocycles. The van der Waals surface area contributed by atoms with E-state index in [4.69, 9.17) is 4.74 Å². The fraction of sp³-hybridized carbons (Fsp3) is 0.182. The van der Waals surface area contributed by atoms with Gasteiger partial charge in [-0.1, -0.05) is 30.3 Å². The van der Waals surface area contributed by atoms with Gasteiger partial charge in [-0.05, 0) is 61.7 Å². The summed E-state index contributed by atoms with van der Waals surface area (Å²) in [6.07, 6.45) is 0. The summed E-state index contributed by atoms with van der Waals surface area (Å²) in [5.41, 5.74) is 3.90. The summed E-state index contributed by atoms with van der Waals surface area (Å²) in [4.78, 5) is 16.9. The van der Waals surface area contributed by atoms with Crippen molar-refractivity contribution in [2.24, 2.45) is 0 Å². The molecule has 0 aliphatic carbocycles. The fourth-order valence-corrected chi connectivity index (χ4v) is 2.77. The summed E-state index contributed by atoms with van der Waals surface area (Å²) >= 11 is 0. The molecule has 1 aromatic heterocycles. The number of ether oxygens (including phenoxy) is 1. The number of pyridine rings is 1. The molecule has 4 nitrogen and oxygen atoms in total. The van der Waals surface area contributed by atoms with Gasteiger partial charge in [-0.3, -0.25) is 4.79 Å². The molecule has 1 amide bonds. The molecule has 0 spiro atoms. The van der Waals surface area contributed by atoms with Crippen LogP contribution in [0.1, 0.15) is 32.7 Å². The molecule has 3 aromatic rings. The number of aryl methyl sites for hydroxylation is 1. The predicted octanol–water partition coefficient (Wildman–Crippen LogP) is 4.98. The second-order valence-corrected chi connectivity index (χ2v) is 6.36. The Morgan fingerprint density at radius 2 is 1.67 bits per heavy atom. The SMILES string of the molecule is Cc1nc(NC(=O)c2ccc(F)cc2)c(C)c(C)c1OCc1ccccc1. The number of amides is 1. The van der Waals surface area contributed by atoms with Crippen LogP contribution in [0.15, 0.2) is 54.6 Å². The van der Waals surface area contributed by atoms with Gasteiger partial charge in [-0.2, -0.15) is 0 Å². The summed E-state index contributed by atoms with van der Waals surface area (Å²) in [7, 11) is 0. The second kappa shape index (κ2) is 7.99. The molecule has 138 valence electrons. The van der Waals surface area contributed by atoms with Crippen molar-refractivity contribution in [2.45, 2.75) is 27.4 Å². The zero-order chi connectivity index (χ0) is 19.4. The van der Waals surface area contributed by atoms with E-state index in [1.807, 2.05) is 51.1 Å². The average Bonchev–Trinajstić information content (AvgIpc) is 2.67. The zero-order valence-corrected chi connectivity index (χ0v) is 15.5. The summed E-state index contributed by atoms with van der Waals surface area (Å²) < 4.78 is 19.0. The van der Waals surface area contributed by atoms with E-state index in [1.54, 1.807) is 0 Å². The van der Waals surface area contributed by atoms with Crippen molar-refractivity contribution >= 4 is 11.7 Å². The van der Waals surface area contributed by atoms with E-state index < -0.39 is 0 Å². The van der Waals surface area contributed by atoms with E-state index in [0.29, 0.717) is 23.7 Å². The number of anilines is 1. The van der Waals surface area contributed by atoms with E-state index in [9.17, 15) is 9.18 Å². The summed E-state index contributed by atoms with van der Waals surface area (Å²) in [6, 6.07) is 15.3. The highest BCUT2D eigenvalue weighted by Crippen LogP contribution is 2.30. The van der Waals surface area contributed by atoms with Gasteiger partial charge in [0.2, 0.25) is 0 Å². The molecule has 0 saturated heterocycles. The standard InChI is InChI=1S/C22H21FN2O2/c1-14-15(2)21(25-22(26)18-9-11-19(23)12-10-18)24-16(3)20(14)27-13-17-7-5-4-6-8-17/h4-12H,13H2,1-3H3,(H,24,25,26). The molecular weight excluding hydrogens is 343 g/mol. The Balaban J connectivity index is 1.79. The first kappa shape index (κ1) is 18.6. The molecule has 0 bridgehead atoms. The molecule has 27 heavy (non-hydrogen) atoms. The van der Waals surface area contributed by atoms with Gasteiger partial charge in [-0.15, -0.1) is 0 Å². The number of halogens is 1. The molecule has 1 heterocycles. The molecule has 1 N–H and O–H groups in total. The largest absolute Gasteiger partial charge is 0.487 e. The fourth-order valence-electron chi connectivity index (χ4n) is 2.77. The molecular formula is C22H21FN2O2. The number of aromatic nitrogens is 1. The lowest BCUT2D eigenvalue weighted by Crippen LogP contribution is -2.15. The van der Waals surface area contributed by atoms with Crippen LogP contribution in [0.4, 0.5) is 10.2 Å². The summed E-state index contributed by atoms with van der Waals surface area (Å²) in [6.45, 7) is 6.13. The molecule has 0 radical (unpaired) electrons. The Labute approximate surface area is 158 Å². The Hall–Kier alpha value is -3.21. The highest BCUT2D eigenvalue weighted by atomic mass is 19.1. The first-order valence-electron chi connectivity index (χ1n) is 8.67. The number of nitrogens with one attached hydrogen (secondary N) is 1. The minimum absolute atomic E-state index is 0.331. The van der Waals surface area contributed by atoms with Gasteiger partial charge in [0.25, 0.3) is 5.91 Å². The van der Waals surface area contributed by atoms with E-state index in [2.05, 4.69) is 10.3 Å².